The first-order valence-corrected chi connectivity index (χ1v) is 13.4. The summed E-state index contributed by atoms with van der Waals surface area (Å²) >= 11 is 0. The van der Waals surface area contributed by atoms with Crippen molar-refractivity contribution < 1.29 is 42.9 Å². The number of hydrogen-bond donors (Lipinski definition) is 2. The molecule has 0 amide bonds. The SMILES string of the molecule is CCC(CC)(CC)COC(=O)OCCOC(=O)CC(NCCNCC(=O)OC(C)(C)C)C(=O)OC(C)(C)C. The minimum Gasteiger partial charge on any atom is -0.462 e. The van der Waals surface area contributed by atoms with Crippen molar-refractivity contribution in [2.45, 2.75) is 105 Å². The lowest BCUT2D eigenvalue weighted by Crippen LogP contribution is -2.45. The van der Waals surface area contributed by atoms with Gasteiger partial charge in [0.1, 0.15) is 37.1 Å². The highest BCUT2D eigenvalue weighted by molar-refractivity contribution is 5.83. The first-order chi connectivity index (χ1) is 17.6. The van der Waals surface area contributed by atoms with Crippen LogP contribution in [0.15, 0.2) is 0 Å². The molecule has 0 saturated carbocycles. The van der Waals surface area contributed by atoms with Gasteiger partial charge in [0.25, 0.3) is 0 Å². The first-order valence-electron chi connectivity index (χ1n) is 13.4. The smallest absolute Gasteiger partial charge is 0.462 e. The normalized spacial score (nSPS) is 12.9. The van der Waals surface area contributed by atoms with Gasteiger partial charge in [0.2, 0.25) is 0 Å². The zero-order valence-corrected chi connectivity index (χ0v) is 24.8. The van der Waals surface area contributed by atoms with Gasteiger partial charge in [-0.05, 0) is 60.8 Å². The molecular weight excluding hydrogens is 496 g/mol. The molecule has 0 aliphatic heterocycles. The Morgan fingerprint density at radius 2 is 1.26 bits per heavy atom. The van der Waals surface area contributed by atoms with E-state index in [9.17, 15) is 19.2 Å². The fraction of sp³-hybridized carbons (Fsp3) is 0.852. The van der Waals surface area contributed by atoms with Crippen molar-refractivity contribution in [1.29, 1.82) is 0 Å². The molecule has 0 spiro atoms. The van der Waals surface area contributed by atoms with E-state index < -0.39 is 41.3 Å². The van der Waals surface area contributed by atoms with E-state index >= 15 is 0 Å². The highest BCUT2D eigenvalue weighted by Gasteiger charge is 2.28. The molecule has 0 fully saturated rings. The molecule has 0 aromatic carbocycles. The number of carbonyl (C=O) groups excluding carboxylic acids is 4. The van der Waals surface area contributed by atoms with Crippen LogP contribution in [-0.2, 0) is 38.1 Å². The van der Waals surface area contributed by atoms with Crippen LogP contribution in [-0.4, -0.2) is 80.8 Å². The summed E-state index contributed by atoms with van der Waals surface area (Å²) < 4.78 is 26.0. The molecule has 0 saturated heterocycles. The minimum absolute atomic E-state index is 0.0108. The van der Waals surface area contributed by atoms with Crippen molar-refractivity contribution in [1.82, 2.24) is 10.6 Å². The van der Waals surface area contributed by atoms with Crippen LogP contribution in [0.4, 0.5) is 4.79 Å². The highest BCUT2D eigenvalue weighted by atomic mass is 16.7. The Kier molecular flexibility index (Phi) is 16.2. The van der Waals surface area contributed by atoms with Crippen molar-refractivity contribution in [3.8, 4) is 0 Å². The second-order valence-corrected chi connectivity index (χ2v) is 11.2. The average Bonchev–Trinajstić information content (AvgIpc) is 2.80. The lowest BCUT2D eigenvalue weighted by Gasteiger charge is -2.29. The Morgan fingerprint density at radius 3 is 1.79 bits per heavy atom. The molecule has 0 aromatic rings. The first kappa shape index (κ1) is 35.6. The van der Waals surface area contributed by atoms with Crippen LogP contribution < -0.4 is 10.6 Å². The summed E-state index contributed by atoms with van der Waals surface area (Å²) in [6.45, 7) is 17.3. The van der Waals surface area contributed by atoms with E-state index in [1.165, 1.54) is 0 Å². The number of hydrogen-bond acceptors (Lipinski definition) is 11. The van der Waals surface area contributed by atoms with E-state index in [2.05, 4.69) is 31.4 Å². The molecule has 0 radical (unpaired) electrons. The van der Waals surface area contributed by atoms with Gasteiger partial charge in [0, 0.05) is 18.5 Å². The molecule has 11 heteroatoms. The highest BCUT2D eigenvalue weighted by Crippen LogP contribution is 2.30. The van der Waals surface area contributed by atoms with Crippen molar-refractivity contribution in [3.05, 3.63) is 0 Å². The Balaban J connectivity index is 4.57. The third-order valence-electron chi connectivity index (χ3n) is 5.76. The number of rotatable bonds is 17. The Labute approximate surface area is 228 Å². The van der Waals surface area contributed by atoms with Crippen molar-refractivity contribution in [3.63, 3.8) is 0 Å². The lowest BCUT2D eigenvalue weighted by atomic mass is 9.81. The fourth-order valence-electron chi connectivity index (χ4n) is 3.33. The lowest BCUT2D eigenvalue weighted by molar-refractivity contribution is -0.161. The number of nitrogens with one attached hydrogen (secondary N) is 2. The van der Waals surface area contributed by atoms with Crippen LogP contribution in [0, 0.1) is 5.41 Å². The minimum atomic E-state index is -0.957. The molecule has 11 nitrogen and oxygen atoms in total. The van der Waals surface area contributed by atoms with E-state index in [1.54, 1.807) is 41.5 Å². The third-order valence-corrected chi connectivity index (χ3v) is 5.76. The van der Waals surface area contributed by atoms with Gasteiger partial charge in [-0.25, -0.2) is 4.79 Å². The van der Waals surface area contributed by atoms with E-state index in [0.29, 0.717) is 6.54 Å². The molecule has 0 heterocycles. The molecule has 0 aromatic heterocycles. The molecule has 1 unspecified atom stereocenters. The largest absolute Gasteiger partial charge is 0.508 e. The predicted molar refractivity (Wildman–Crippen MR) is 143 cm³/mol. The standard InChI is InChI=1S/C27H50N2O9/c1-10-27(11-2,12-3)19-36-24(33)35-16-15-34-21(30)17-20(23(32)38-26(7,8)9)29-14-13-28-18-22(31)37-25(4,5)6/h20,28-29H,10-19H2,1-9H3. The molecule has 2 N–H and O–H groups in total. The predicted octanol–water partition coefficient (Wildman–Crippen LogP) is 3.52. The molecule has 0 aliphatic carbocycles. The second kappa shape index (κ2) is 17.2. The molecule has 0 bridgehead atoms. The summed E-state index contributed by atoms with van der Waals surface area (Å²) in [6.07, 6.45) is 1.57. The summed E-state index contributed by atoms with van der Waals surface area (Å²) in [5.74, 6) is -1.65. The summed E-state index contributed by atoms with van der Waals surface area (Å²) in [5, 5.41) is 5.88. The summed E-state index contributed by atoms with van der Waals surface area (Å²) in [4.78, 5) is 48.6. The van der Waals surface area contributed by atoms with Gasteiger partial charge in [-0.1, -0.05) is 20.8 Å². The van der Waals surface area contributed by atoms with Gasteiger partial charge in [0.05, 0.1) is 13.0 Å². The number of esters is 3. The number of ether oxygens (including phenoxy) is 5. The van der Waals surface area contributed by atoms with E-state index in [4.69, 9.17) is 23.7 Å². The Morgan fingerprint density at radius 1 is 0.711 bits per heavy atom. The zero-order chi connectivity index (χ0) is 29.4. The number of carbonyl (C=O) groups is 4. The van der Waals surface area contributed by atoms with Crippen LogP contribution in [0.2, 0.25) is 0 Å². The third kappa shape index (κ3) is 17.2. The maximum atomic E-state index is 12.6. The van der Waals surface area contributed by atoms with Crippen LogP contribution in [0.1, 0.15) is 88.0 Å². The van der Waals surface area contributed by atoms with E-state index in [0.717, 1.165) is 19.3 Å². The van der Waals surface area contributed by atoms with Crippen LogP contribution in [0.3, 0.4) is 0 Å². The maximum Gasteiger partial charge on any atom is 0.508 e. The summed E-state index contributed by atoms with van der Waals surface area (Å²) in [7, 11) is 0. The second-order valence-electron chi connectivity index (χ2n) is 11.2. The molecule has 0 rings (SSSR count). The van der Waals surface area contributed by atoms with Gasteiger partial charge in [0.15, 0.2) is 0 Å². The van der Waals surface area contributed by atoms with Crippen molar-refractivity contribution in [2.24, 2.45) is 5.41 Å². The van der Waals surface area contributed by atoms with Gasteiger partial charge in [-0.3, -0.25) is 14.4 Å². The topological polar surface area (TPSA) is 138 Å². The monoisotopic (exact) mass is 546 g/mol. The van der Waals surface area contributed by atoms with Gasteiger partial charge in [-0.2, -0.15) is 0 Å². The van der Waals surface area contributed by atoms with Crippen LogP contribution in [0.5, 0.6) is 0 Å². The molecule has 1 atom stereocenters. The Hall–Kier alpha value is -2.40. The molecule has 0 aliphatic rings. The van der Waals surface area contributed by atoms with Crippen molar-refractivity contribution in [2.75, 3.05) is 39.5 Å². The van der Waals surface area contributed by atoms with Gasteiger partial charge < -0.3 is 34.3 Å². The summed E-state index contributed by atoms with van der Waals surface area (Å²) in [5.41, 5.74) is -1.38. The molecule has 222 valence electrons. The maximum absolute atomic E-state index is 12.6. The summed E-state index contributed by atoms with van der Waals surface area (Å²) in [6, 6.07) is -0.957. The Bertz CT molecular complexity index is 730. The molecular formula is C27H50N2O9. The molecule has 38 heavy (non-hydrogen) atoms. The fourth-order valence-corrected chi connectivity index (χ4v) is 3.33. The van der Waals surface area contributed by atoms with E-state index in [-0.39, 0.29) is 44.7 Å². The zero-order valence-electron chi connectivity index (χ0n) is 24.8. The van der Waals surface area contributed by atoms with Crippen molar-refractivity contribution >= 4 is 24.1 Å². The van der Waals surface area contributed by atoms with E-state index in [1.807, 2.05) is 0 Å². The average molecular weight is 547 g/mol. The quantitative estimate of drug-likeness (QED) is 0.157. The van der Waals surface area contributed by atoms with Gasteiger partial charge >= 0.3 is 24.1 Å². The van der Waals surface area contributed by atoms with Gasteiger partial charge in [-0.15, -0.1) is 0 Å². The van der Waals surface area contributed by atoms with Crippen LogP contribution in [0.25, 0.3) is 0 Å². The van der Waals surface area contributed by atoms with Crippen LogP contribution >= 0.6 is 0 Å².